The second-order valence-corrected chi connectivity index (χ2v) is 7.49. The number of anilines is 1. The number of carbonyl (C=O) groups excluding carboxylic acids is 1. The number of morpholine rings is 1. The van der Waals surface area contributed by atoms with Crippen LogP contribution in [0.25, 0.3) is 0 Å². The van der Waals surface area contributed by atoms with Crippen molar-refractivity contribution in [2.24, 2.45) is 0 Å². The second-order valence-electron chi connectivity index (χ2n) is 6.54. The lowest BCUT2D eigenvalue weighted by Crippen LogP contribution is -2.38. The van der Waals surface area contributed by atoms with Crippen LogP contribution in [0.1, 0.15) is 29.2 Å². The van der Waals surface area contributed by atoms with Crippen molar-refractivity contribution in [2.45, 2.75) is 24.0 Å². The summed E-state index contributed by atoms with van der Waals surface area (Å²) in [5.41, 5.74) is 0.326. The van der Waals surface area contributed by atoms with Crippen LogP contribution in [0.3, 0.4) is 0 Å². The summed E-state index contributed by atoms with van der Waals surface area (Å²) in [6.07, 6.45) is 2.20. The molecule has 2 aromatic rings. The minimum Gasteiger partial charge on any atom is -0.494 e. The Bertz CT molecular complexity index is 834. The third-order valence-corrected chi connectivity index (χ3v) is 5.60. The minimum absolute atomic E-state index is 0.128. The van der Waals surface area contributed by atoms with Crippen molar-refractivity contribution in [1.82, 2.24) is 14.8 Å². The molecule has 27 heavy (non-hydrogen) atoms. The third kappa shape index (κ3) is 3.93. The van der Waals surface area contributed by atoms with Crippen LogP contribution < -0.4 is 9.64 Å². The molecule has 2 heterocycles. The maximum absolute atomic E-state index is 13.8. The number of rotatable bonds is 7. The van der Waals surface area contributed by atoms with Gasteiger partial charge in [0.05, 0.1) is 26.1 Å². The minimum atomic E-state index is -0.538. The Hall–Kier alpha value is -2.13. The fourth-order valence-electron chi connectivity index (χ4n) is 3.05. The third-order valence-electron chi connectivity index (χ3n) is 4.66. The molecule has 1 aliphatic carbocycles. The molecule has 0 bridgehead atoms. The average Bonchev–Trinajstić information content (AvgIpc) is 3.45. The fourth-order valence-corrected chi connectivity index (χ4v) is 3.95. The highest BCUT2D eigenvalue weighted by atomic mass is 32.2. The van der Waals surface area contributed by atoms with E-state index in [2.05, 4.69) is 19.7 Å². The molecular weight excluding hydrogens is 371 g/mol. The Morgan fingerprint density at radius 3 is 2.78 bits per heavy atom. The van der Waals surface area contributed by atoms with Gasteiger partial charge in [0.2, 0.25) is 5.95 Å². The van der Waals surface area contributed by atoms with Crippen molar-refractivity contribution in [1.29, 1.82) is 0 Å². The van der Waals surface area contributed by atoms with Crippen LogP contribution in [0.4, 0.5) is 10.3 Å². The van der Waals surface area contributed by atoms with E-state index in [1.165, 1.54) is 31.0 Å². The van der Waals surface area contributed by atoms with Crippen molar-refractivity contribution in [3.63, 3.8) is 0 Å². The Morgan fingerprint density at radius 2 is 2.11 bits per heavy atom. The van der Waals surface area contributed by atoms with Crippen LogP contribution in [0, 0.1) is 5.82 Å². The van der Waals surface area contributed by atoms with Gasteiger partial charge in [0.25, 0.3) is 0 Å². The van der Waals surface area contributed by atoms with Gasteiger partial charge >= 0.3 is 0 Å². The molecule has 1 saturated carbocycles. The van der Waals surface area contributed by atoms with E-state index in [4.69, 9.17) is 9.47 Å². The molecule has 0 radical (unpaired) electrons. The normalized spacial score (nSPS) is 17.2. The van der Waals surface area contributed by atoms with Gasteiger partial charge in [-0.05, 0) is 31.0 Å². The van der Waals surface area contributed by atoms with E-state index in [9.17, 15) is 9.18 Å². The number of Topliss-reactive ketones (excluding diaryl/α,β-unsaturated/α-hetero) is 1. The molecule has 144 valence electrons. The van der Waals surface area contributed by atoms with Crippen molar-refractivity contribution in [2.75, 3.05) is 44.1 Å². The number of thioether (sulfide) groups is 1. The maximum atomic E-state index is 13.8. The lowest BCUT2D eigenvalue weighted by Gasteiger charge is -2.27. The molecule has 4 rings (SSSR count). The van der Waals surface area contributed by atoms with E-state index >= 15 is 0 Å². The van der Waals surface area contributed by atoms with E-state index in [0.717, 1.165) is 37.0 Å². The van der Waals surface area contributed by atoms with E-state index < -0.39 is 5.82 Å². The SMILES string of the molecule is COc1ccc(C(=O)CSc2nnc(N3CCOCC3)n2C2CC2)cc1F. The summed E-state index contributed by atoms with van der Waals surface area (Å²) in [4.78, 5) is 14.6. The van der Waals surface area contributed by atoms with Gasteiger partial charge in [-0.3, -0.25) is 9.36 Å². The molecule has 0 spiro atoms. The lowest BCUT2D eigenvalue weighted by molar-refractivity contribution is 0.102. The number of halogens is 1. The summed E-state index contributed by atoms with van der Waals surface area (Å²) in [6, 6.07) is 4.66. The number of benzene rings is 1. The Kier molecular flexibility index (Phi) is 5.31. The first-order valence-corrected chi connectivity index (χ1v) is 9.93. The molecule has 0 N–H and O–H groups in total. The summed E-state index contributed by atoms with van der Waals surface area (Å²) in [7, 11) is 1.40. The lowest BCUT2D eigenvalue weighted by atomic mass is 10.1. The van der Waals surface area contributed by atoms with Crippen LogP contribution >= 0.6 is 11.8 Å². The van der Waals surface area contributed by atoms with E-state index in [1.54, 1.807) is 6.07 Å². The van der Waals surface area contributed by atoms with Gasteiger partial charge in [0.1, 0.15) is 0 Å². The van der Waals surface area contributed by atoms with Gasteiger partial charge in [-0.15, -0.1) is 10.2 Å². The number of nitrogens with zero attached hydrogens (tertiary/aromatic N) is 4. The highest BCUT2D eigenvalue weighted by molar-refractivity contribution is 7.99. The first-order valence-electron chi connectivity index (χ1n) is 8.94. The Morgan fingerprint density at radius 1 is 1.33 bits per heavy atom. The van der Waals surface area contributed by atoms with Crippen molar-refractivity contribution < 1.29 is 18.7 Å². The van der Waals surface area contributed by atoms with Crippen LogP contribution in [0.2, 0.25) is 0 Å². The summed E-state index contributed by atoms with van der Waals surface area (Å²) in [5, 5.41) is 9.41. The van der Waals surface area contributed by atoms with Gasteiger partial charge in [-0.2, -0.15) is 0 Å². The number of hydrogen-bond donors (Lipinski definition) is 0. The molecule has 1 saturated heterocycles. The molecule has 0 unspecified atom stereocenters. The zero-order valence-electron chi connectivity index (χ0n) is 15.1. The largest absolute Gasteiger partial charge is 0.494 e. The van der Waals surface area contributed by atoms with Gasteiger partial charge in [-0.25, -0.2) is 4.39 Å². The van der Waals surface area contributed by atoms with Gasteiger partial charge in [0, 0.05) is 24.7 Å². The summed E-state index contributed by atoms with van der Waals surface area (Å²) in [5.74, 6) is 0.470. The number of aromatic nitrogens is 3. The van der Waals surface area contributed by atoms with Crippen LogP contribution in [0.15, 0.2) is 23.4 Å². The highest BCUT2D eigenvalue weighted by Gasteiger charge is 2.32. The van der Waals surface area contributed by atoms with Crippen LogP contribution in [0.5, 0.6) is 5.75 Å². The van der Waals surface area contributed by atoms with E-state index in [-0.39, 0.29) is 17.3 Å². The first kappa shape index (κ1) is 18.2. The van der Waals surface area contributed by atoms with E-state index in [1.807, 2.05) is 0 Å². The summed E-state index contributed by atoms with van der Waals surface area (Å²) in [6.45, 7) is 2.95. The standard InChI is InChI=1S/C18H21FN4O3S/c1-25-16-5-2-12(10-14(16)19)15(24)11-27-18-21-20-17(23(18)13-3-4-13)22-6-8-26-9-7-22/h2,5,10,13H,3-4,6-9,11H2,1H3. The van der Waals surface area contributed by atoms with Crippen molar-refractivity contribution in [3.05, 3.63) is 29.6 Å². The molecule has 9 heteroatoms. The summed E-state index contributed by atoms with van der Waals surface area (Å²) >= 11 is 1.35. The Balaban J connectivity index is 1.47. The zero-order chi connectivity index (χ0) is 18.8. The molecule has 0 amide bonds. The quantitative estimate of drug-likeness (QED) is 0.530. The molecule has 7 nitrogen and oxygen atoms in total. The molecule has 1 aromatic heterocycles. The second kappa shape index (κ2) is 7.85. The first-order chi connectivity index (χ1) is 13.2. The van der Waals surface area contributed by atoms with Crippen LogP contribution in [-0.2, 0) is 4.74 Å². The predicted molar refractivity (Wildman–Crippen MR) is 99.3 cm³/mol. The van der Waals surface area contributed by atoms with Crippen molar-refractivity contribution in [3.8, 4) is 5.75 Å². The topological polar surface area (TPSA) is 69.5 Å². The number of methoxy groups -OCH3 is 1. The molecule has 1 aromatic carbocycles. The zero-order valence-corrected chi connectivity index (χ0v) is 15.9. The van der Waals surface area contributed by atoms with Crippen LogP contribution in [-0.4, -0.2) is 59.7 Å². The van der Waals surface area contributed by atoms with E-state index in [0.29, 0.717) is 24.8 Å². The molecule has 0 atom stereocenters. The number of carbonyl (C=O) groups is 1. The molecule has 2 fully saturated rings. The van der Waals surface area contributed by atoms with Crippen molar-refractivity contribution >= 4 is 23.5 Å². The Labute approximate surface area is 160 Å². The summed E-state index contributed by atoms with van der Waals surface area (Å²) < 4.78 is 26.3. The number of hydrogen-bond acceptors (Lipinski definition) is 7. The number of ether oxygens (including phenoxy) is 2. The average molecular weight is 392 g/mol. The molecular formula is C18H21FN4O3S. The molecule has 1 aliphatic heterocycles. The van der Waals surface area contributed by atoms with Gasteiger partial charge in [0.15, 0.2) is 22.5 Å². The van der Waals surface area contributed by atoms with Gasteiger partial charge < -0.3 is 14.4 Å². The molecule has 2 aliphatic rings. The predicted octanol–water partition coefficient (Wildman–Crippen LogP) is 2.57. The fraction of sp³-hybridized carbons (Fsp3) is 0.500. The monoisotopic (exact) mass is 392 g/mol. The maximum Gasteiger partial charge on any atom is 0.228 e. The highest BCUT2D eigenvalue weighted by Crippen LogP contribution is 2.41. The number of ketones is 1. The van der Waals surface area contributed by atoms with Gasteiger partial charge in [-0.1, -0.05) is 11.8 Å². The smallest absolute Gasteiger partial charge is 0.228 e.